The Morgan fingerprint density at radius 1 is 0.297 bits per heavy atom. The summed E-state index contributed by atoms with van der Waals surface area (Å²) >= 11 is 0. The third kappa shape index (κ3) is 9.68. The van der Waals surface area contributed by atoms with E-state index in [9.17, 15) is 0 Å². The first kappa shape index (κ1) is 62.2. The first-order chi connectivity index (χ1) is 49.6. The zero-order valence-electron chi connectivity index (χ0n) is 57.8. The maximum absolute atomic E-state index is 4.55. The van der Waals surface area contributed by atoms with E-state index in [4.69, 9.17) is 0 Å². The van der Waals surface area contributed by atoms with Crippen molar-refractivity contribution >= 4 is 94.9 Å². The number of anilines is 6. The van der Waals surface area contributed by atoms with Crippen molar-refractivity contribution in [3.05, 3.63) is 425 Å². The molecule has 2 atom stereocenters. The fourth-order valence-corrected chi connectivity index (χ4v) is 17.5. The fourth-order valence-electron chi connectivity index (χ4n) is 17.5. The highest BCUT2D eigenvalue weighted by atomic mass is 15.2. The van der Waals surface area contributed by atoms with E-state index in [-0.39, 0.29) is 0 Å². The number of allylic oxidation sites excluding steroid dienone is 5. The van der Waals surface area contributed by atoms with Gasteiger partial charge in [0.2, 0.25) is 0 Å². The van der Waals surface area contributed by atoms with E-state index in [2.05, 4.69) is 386 Å². The van der Waals surface area contributed by atoms with Gasteiger partial charge >= 0.3 is 0 Å². The standard InChI is InChI=1S/C99H76N2/c1-9-25-90-76(12-4)84-52-50-74(62-92(84)98(90,72-46-42-68(10-2)43-47-72)88-56-40-64(5)60-66(88)7)100(94-38-23-28-70-26-13-15-30-77(70)94)96-58-54-81(79-32-17-19-35-86(79)96)82-55-59-97(87-36-20-18-33-80(82)87)101(95-39-24-29-71-27-14-16-31-78(71)95)75-51-53-85-83-34-21-22-37-91(83)99(93(85)63-75,73-48-44-69(11-3)45-49-73)89-57-41-65(6)61-67(89)8/h9-63H,2-4H2,1,5-8H3/b25-9-. The van der Waals surface area contributed by atoms with E-state index in [0.29, 0.717) is 0 Å². The van der Waals surface area contributed by atoms with Crippen molar-refractivity contribution in [3.8, 4) is 22.3 Å². The third-order valence-corrected chi connectivity index (χ3v) is 21.8. The molecule has 15 aromatic rings. The van der Waals surface area contributed by atoms with Crippen LogP contribution in [0.5, 0.6) is 0 Å². The zero-order valence-corrected chi connectivity index (χ0v) is 57.8. The summed E-state index contributed by atoms with van der Waals surface area (Å²) in [7, 11) is 0. The second-order valence-corrected chi connectivity index (χ2v) is 27.3. The smallest absolute Gasteiger partial charge is 0.0716 e. The molecule has 0 aliphatic heterocycles. The van der Waals surface area contributed by atoms with Crippen LogP contribution in [0.2, 0.25) is 0 Å². The Bertz CT molecular complexity index is 5970. The highest BCUT2D eigenvalue weighted by molar-refractivity contribution is 6.15. The van der Waals surface area contributed by atoms with Gasteiger partial charge in [0.05, 0.1) is 33.6 Å². The normalized spacial score (nSPS) is 15.3. The van der Waals surface area contributed by atoms with Crippen LogP contribution in [-0.2, 0) is 10.8 Å². The molecule has 0 spiro atoms. The number of hydrogen-bond acceptors (Lipinski definition) is 2. The van der Waals surface area contributed by atoms with Crippen molar-refractivity contribution in [2.24, 2.45) is 0 Å². The van der Waals surface area contributed by atoms with Crippen LogP contribution in [0.4, 0.5) is 34.1 Å². The van der Waals surface area contributed by atoms with Crippen molar-refractivity contribution in [2.45, 2.75) is 45.4 Å². The molecule has 0 heterocycles. The number of hydrogen-bond donors (Lipinski definition) is 0. The molecule has 101 heavy (non-hydrogen) atoms. The molecule has 0 N–H and O–H groups in total. The minimum Gasteiger partial charge on any atom is -0.309 e. The van der Waals surface area contributed by atoms with E-state index < -0.39 is 10.8 Å². The van der Waals surface area contributed by atoms with E-state index in [1.165, 1.54) is 99.6 Å². The van der Waals surface area contributed by atoms with Crippen LogP contribution in [-0.4, -0.2) is 0 Å². The third-order valence-electron chi connectivity index (χ3n) is 21.8. The van der Waals surface area contributed by atoms with Gasteiger partial charge in [0.1, 0.15) is 0 Å². The highest BCUT2D eigenvalue weighted by Crippen LogP contribution is 2.61. The zero-order chi connectivity index (χ0) is 68.7. The first-order valence-corrected chi connectivity index (χ1v) is 35.2. The van der Waals surface area contributed by atoms with Gasteiger partial charge in [0, 0.05) is 32.9 Å². The maximum atomic E-state index is 4.55. The van der Waals surface area contributed by atoms with Crippen LogP contribution in [0.25, 0.3) is 83.1 Å². The molecule has 0 radical (unpaired) electrons. The van der Waals surface area contributed by atoms with Crippen molar-refractivity contribution in [1.29, 1.82) is 0 Å². The summed E-state index contributed by atoms with van der Waals surface area (Å²) in [5.74, 6) is 0. The Morgan fingerprint density at radius 2 is 0.703 bits per heavy atom. The molecule has 2 heteroatoms. The molecule has 15 aromatic carbocycles. The molecule has 2 nitrogen and oxygen atoms in total. The average Bonchev–Trinajstić information content (AvgIpc) is 1.57. The summed E-state index contributed by atoms with van der Waals surface area (Å²) in [6.45, 7) is 23.9. The molecular weight excluding hydrogens is 1220 g/mol. The lowest BCUT2D eigenvalue weighted by Gasteiger charge is -2.37. The summed E-state index contributed by atoms with van der Waals surface area (Å²) in [6, 6.07) is 114. The molecule has 0 aromatic heterocycles. The average molecular weight is 1290 g/mol. The van der Waals surface area contributed by atoms with Crippen LogP contribution < -0.4 is 9.80 Å². The van der Waals surface area contributed by atoms with Crippen molar-refractivity contribution in [3.63, 3.8) is 0 Å². The van der Waals surface area contributed by atoms with Gasteiger partial charge in [-0.25, -0.2) is 0 Å². The summed E-state index contributed by atoms with van der Waals surface area (Å²) in [5, 5.41) is 9.26. The van der Waals surface area contributed by atoms with Gasteiger partial charge in [-0.3, -0.25) is 0 Å². The van der Waals surface area contributed by atoms with Gasteiger partial charge in [0.25, 0.3) is 0 Å². The van der Waals surface area contributed by atoms with Crippen LogP contribution in [0, 0.1) is 27.7 Å². The Kier molecular flexibility index (Phi) is 15.3. The monoisotopic (exact) mass is 1290 g/mol. The molecule has 0 amide bonds. The topological polar surface area (TPSA) is 6.48 Å². The van der Waals surface area contributed by atoms with Gasteiger partial charge in [-0.15, -0.1) is 0 Å². The fraction of sp³-hybridized carbons (Fsp3) is 0.0707. The predicted molar refractivity (Wildman–Crippen MR) is 432 cm³/mol. The lowest BCUT2D eigenvalue weighted by molar-refractivity contribution is 0.753. The summed E-state index contributed by atoms with van der Waals surface area (Å²) < 4.78 is 0. The minimum atomic E-state index is -0.707. The second-order valence-electron chi connectivity index (χ2n) is 27.3. The summed E-state index contributed by atoms with van der Waals surface area (Å²) in [4.78, 5) is 5.05. The quantitative estimate of drug-likeness (QED) is 0.101. The molecule has 482 valence electrons. The Hall–Kier alpha value is -12.4. The van der Waals surface area contributed by atoms with E-state index in [1.807, 2.05) is 12.2 Å². The van der Waals surface area contributed by atoms with Crippen molar-refractivity contribution in [2.75, 3.05) is 9.80 Å². The molecule has 0 fully saturated rings. The van der Waals surface area contributed by atoms with Gasteiger partial charge in [-0.1, -0.05) is 316 Å². The molecule has 0 saturated heterocycles. The van der Waals surface area contributed by atoms with Crippen molar-refractivity contribution < 1.29 is 0 Å². The largest absolute Gasteiger partial charge is 0.309 e. The van der Waals surface area contributed by atoms with E-state index in [0.717, 1.165) is 88.9 Å². The molecule has 2 aliphatic carbocycles. The Balaban J connectivity index is 0.880. The van der Waals surface area contributed by atoms with Crippen LogP contribution in [0.1, 0.15) is 84.8 Å². The second kappa shape index (κ2) is 24.9. The molecule has 0 bridgehead atoms. The minimum absolute atomic E-state index is 0.641. The first-order valence-electron chi connectivity index (χ1n) is 35.2. The van der Waals surface area contributed by atoms with Gasteiger partial charge in [-0.2, -0.15) is 0 Å². The summed E-state index contributed by atoms with van der Waals surface area (Å²) in [6.07, 6.45) is 10.4. The Labute approximate surface area is 593 Å². The highest BCUT2D eigenvalue weighted by Gasteiger charge is 2.49. The SMILES string of the molecule is C=CC1=C(/C=C\C)C(c2ccc(C=C)cc2)(c2ccc(C)cc2C)c2cc(N(c3cccc4ccccc34)c3ccc(-c4ccc(N(c5ccc6c(c5)C(c5ccc(C=C)cc5)(c5ccc(C)cc5C)c5ccccc5-6)c5cccc6ccccc56)c5ccccc45)c4ccccc34)ccc21. The summed E-state index contributed by atoms with van der Waals surface area (Å²) in [5.41, 5.74) is 29.2. The van der Waals surface area contributed by atoms with Crippen molar-refractivity contribution in [1.82, 2.24) is 0 Å². The predicted octanol–water partition coefficient (Wildman–Crippen LogP) is 26.7. The van der Waals surface area contributed by atoms with Gasteiger partial charge in [-0.05, 0) is 205 Å². The van der Waals surface area contributed by atoms with Gasteiger partial charge < -0.3 is 9.80 Å². The van der Waals surface area contributed by atoms with Crippen LogP contribution in [0.15, 0.2) is 347 Å². The molecule has 17 rings (SSSR count). The molecular formula is C99H76N2. The number of rotatable bonds is 15. The van der Waals surface area contributed by atoms with Gasteiger partial charge in [0.15, 0.2) is 0 Å². The van der Waals surface area contributed by atoms with E-state index in [1.54, 1.807) is 0 Å². The number of nitrogens with zero attached hydrogens (tertiary/aromatic N) is 2. The number of fused-ring (bicyclic) bond motifs is 8. The lowest BCUT2D eigenvalue weighted by Crippen LogP contribution is -2.30. The Morgan fingerprint density at radius 3 is 1.20 bits per heavy atom. The van der Waals surface area contributed by atoms with Crippen LogP contribution >= 0.6 is 0 Å². The molecule has 0 saturated carbocycles. The molecule has 2 aliphatic rings. The number of benzene rings is 15. The lowest BCUT2D eigenvalue weighted by atomic mass is 9.65. The van der Waals surface area contributed by atoms with E-state index >= 15 is 0 Å². The molecule has 2 unspecified atom stereocenters. The number of aryl methyl sites for hydroxylation is 4. The maximum Gasteiger partial charge on any atom is 0.0716 e. The van der Waals surface area contributed by atoms with Crippen LogP contribution in [0.3, 0.4) is 0 Å².